The number of phenolic OH excluding ortho intramolecular Hbond substituents is 4. The van der Waals surface area contributed by atoms with Gasteiger partial charge in [0, 0.05) is 12.3 Å². The number of hydrogen-bond donors (Lipinski definition) is 9. The Labute approximate surface area is 221 Å². The summed E-state index contributed by atoms with van der Waals surface area (Å²) in [4.78, 5) is 25.7. The Balaban J connectivity index is 1.65. The normalized spacial score (nSPS) is 26.9. The summed E-state index contributed by atoms with van der Waals surface area (Å²) in [5.41, 5.74) is 0.198. The zero-order valence-corrected chi connectivity index (χ0v) is 20.3. The first-order chi connectivity index (χ1) is 18.4. The number of fused-ring (bicyclic) bond motifs is 1. The number of benzene rings is 2. The summed E-state index contributed by atoms with van der Waals surface area (Å²) in [6.07, 6.45) is -5.45. The van der Waals surface area contributed by atoms with Crippen molar-refractivity contribution in [3.05, 3.63) is 52.6 Å². The number of ether oxygens (including phenoxy) is 2. The number of phenols is 4. The van der Waals surface area contributed by atoms with E-state index < -0.39 is 90.5 Å². The van der Waals surface area contributed by atoms with Gasteiger partial charge in [-0.05, 0) is 47.0 Å². The molecular weight excluding hydrogens is 520 g/mol. The number of aliphatic carboxylic acids is 1. The van der Waals surface area contributed by atoms with Crippen LogP contribution in [-0.4, -0.2) is 102 Å². The Hall–Kier alpha value is -3.88. The third kappa shape index (κ3) is 5.48. The molecule has 39 heavy (non-hydrogen) atoms. The molecule has 1 saturated heterocycles. The molecule has 0 saturated carbocycles. The smallest absolute Gasteiger partial charge is 0.335 e. The molecule has 0 amide bonds. The first-order valence-corrected chi connectivity index (χ1v) is 11.9. The van der Waals surface area contributed by atoms with E-state index in [0.29, 0.717) is 0 Å². The van der Waals surface area contributed by atoms with E-state index >= 15 is 0 Å². The van der Waals surface area contributed by atoms with E-state index in [1.165, 1.54) is 12.1 Å². The molecule has 13 heteroatoms. The molecular formula is C26H28O13. The molecule has 0 unspecified atom stereocenters. The lowest BCUT2D eigenvalue weighted by Gasteiger charge is -2.32. The van der Waals surface area contributed by atoms with Crippen LogP contribution in [0, 0.1) is 5.92 Å². The molecule has 2 aliphatic rings. The summed E-state index contributed by atoms with van der Waals surface area (Å²) in [5.74, 6) is -7.45. The van der Waals surface area contributed by atoms with Crippen molar-refractivity contribution >= 4 is 18.0 Å². The Morgan fingerprint density at radius 1 is 0.923 bits per heavy atom. The van der Waals surface area contributed by atoms with Crippen molar-refractivity contribution in [2.24, 2.45) is 5.92 Å². The van der Waals surface area contributed by atoms with E-state index in [4.69, 9.17) is 14.6 Å². The highest BCUT2D eigenvalue weighted by atomic mass is 16.6. The van der Waals surface area contributed by atoms with E-state index in [1.54, 1.807) is 0 Å². The Morgan fingerprint density at radius 3 is 2.21 bits per heavy atom. The van der Waals surface area contributed by atoms with Gasteiger partial charge in [0.1, 0.15) is 24.9 Å². The summed E-state index contributed by atoms with van der Waals surface area (Å²) in [6, 6.07) is 5.85. The predicted octanol–water partition coefficient (Wildman–Crippen LogP) is -0.486. The van der Waals surface area contributed by atoms with Gasteiger partial charge >= 0.3 is 11.9 Å². The number of aliphatic hydroxyl groups is 4. The Kier molecular flexibility index (Phi) is 7.99. The van der Waals surface area contributed by atoms with Crippen LogP contribution >= 0.6 is 0 Å². The third-order valence-corrected chi connectivity index (χ3v) is 6.91. The number of hydrogen-bond acceptors (Lipinski definition) is 12. The minimum absolute atomic E-state index is 0.172. The second kappa shape index (κ2) is 11.1. The maximum absolute atomic E-state index is 13.2. The minimum atomic E-state index is -1.61. The molecule has 210 valence electrons. The van der Waals surface area contributed by atoms with E-state index in [2.05, 4.69) is 0 Å². The van der Waals surface area contributed by atoms with Gasteiger partial charge in [-0.3, -0.25) is 4.79 Å². The molecule has 1 heterocycles. The van der Waals surface area contributed by atoms with Crippen molar-refractivity contribution in [3.8, 4) is 23.0 Å². The first-order valence-electron chi connectivity index (χ1n) is 11.9. The standard InChI is InChI=1S/C26H28O13/c27-8-12(28)6-19-23(33)24(34)20(39-19)9-38-26(37)14-3-11-5-17(31)18(32)7-13(11)21(22(14)25(35)36)10-1-2-15(29)16(30)4-10/h1-5,7,12,19-24,27-34H,6,8-9H2,(H,35,36)/t12-,19-,20-,21-,22-,23+,24+/m1/s1. The summed E-state index contributed by atoms with van der Waals surface area (Å²) in [6.45, 7) is -1.19. The van der Waals surface area contributed by atoms with Crippen LogP contribution in [0.2, 0.25) is 0 Å². The summed E-state index contributed by atoms with van der Waals surface area (Å²) >= 11 is 0. The third-order valence-electron chi connectivity index (χ3n) is 6.91. The Morgan fingerprint density at radius 2 is 1.56 bits per heavy atom. The fraction of sp³-hybridized carbons (Fsp3) is 0.385. The molecule has 1 aliphatic carbocycles. The van der Waals surface area contributed by atoms with Crippen molar-refractivity contribution in [3.63, 3.8) is 0 Å². The van der Waals surface area contributed by atoms with E-state index in [-0.39, 0.29) is 28.7 Å². The monoisotopic (exact) mass is 548 g/mol. The molecule has 2 aromatic rings. The molecule has 4 rings (SSSR count). The van der Waals surface area contributed by atoms with Crippen molar-refractivity contribution in [2.45, 2.75) is 42.9 Å². The summed E-state index contributed by atoms with van der Waals surface area (Å²) < 4.78 is 10.7. The van der Waals surface area contributed by atoms with Gasteiger partial charge in [-0.1, -0.05) is 6.07 Å². The second-order valence-corrected chi connectivity index (χ2v) is 9.48. The molecule has 1 aliphatic heterocycles. The molecule has 0 spiro atoms. The van der Waals surface area contributed by atoms with Crippen molar-refractivity contribution in [1.29, 1.82) is 0 Å². The number of carbonyl (C=O) groups excluding carboxylic acids is 1. The maximum Gasteiger partial charge on any atom is 0.335 e. The fourth-order valence-corrected chi connectivity index (χ4v) is 4.93. The van der Waals surface area contributed by atoms with Crippen LogP contribution in [0.3, 0.4) is 0 Å². The van der Waals surface area contributed by atoms with Gasteiger partial charge in [0.2, 0.25) is 0 Å². The van der Waals surface area contributed by atoms with Gasteiger partial charge in [0.15, 0.2) is 23.0 Å². The molecule has 1 fully saturated rings. The van der Waals surface area contributed by atoms with Gasteiger partial charge in [0.25, 0.3) is 0 Å². The highest BCUT2D eigenvalue weighted by Gasteiger charge is 2.45. The van der Waals surface area contributed by atoms with Crippen molar-refractivity contribution in [2.75, 3.05) is 13.2 Å². The number of rotatable bonds is 8. The van der Waals surface area contributed by atoms with Gasteiger partial charge in [0.05, 0.1) is 30.3 Å². The van der Waals surface area contributed by atoms with E-state index in [9.17, 15) is 50.4 Å². The average Bonchev–Trinajstić information content (AvgIpc) is 3.16. The largest absolute Gasteiger partial charge is 0.504 e. The minimum Gasteiger partial charge on any atom is -0.504 e. The molecule has 2 aromatic carbocycles. The lowest BCUT2D eigenvalue weighted by atomic mass is 9.71. The van der Waals surface area contributed by atoms with Crippen LogP contribution in [0.15, 0.2) is 35.9 Å². The average molecular weight is 548 g/mol. The number of carbonyl (C=O) groups is 2. The number of esters is 1. The molecule has 0 radical (unpaired) electrons. The van der Waals surface area contributed by atoms with Crippen LogP contribution in [0.5, 0.6) is 23.0 Å². The molecule has 7 atom stereocenters. The number of carboxylic acid groups (broad SMARTS) is 1. The van der Waals surface area contributed by atoms with Crippen LogP contribution in [0.4, 0.5) is 0 Å². The van der Waals surface area contributed by atoms with Crippen LogP contribution in [-0.2, 0) is 19.1 Å². The predicted molar refractivity (Wildman–Crippen MR) is 130 cm³/mol. The lowest BCUT2D eigenvalue weighted by Crippen LogP contribution is -2.37. The molecule has 13 nitrogen and oxygen atoms in total. The number of carboxylic acids is 1. The van der Waals surface area contributed by atoms with Crippen molar-refractivity contribution in [1.82, 2.24) is 0 Å². The number of aliphatic hydroxyl groups excluding tert-OH is 4. The zero-order chi connectivity index (χ0) is 28.6. The summed E-state index contributed by atoms with van der Waals surface area (Å²) in [7, 11) is 0. The topological polar surface area (TPSA) is 235 Å². The molecule has 0 aromatic heterocycles. The van der Waals surface area contributed by atoms with Crippen LogP contribution < -0.4 is 0 Å². The van der Waals surface area contributed by atoms with Gasteiger partial charge in [-0.25, -0.2) is 4.79 Å². The van der Waals surface area contributed by atoms with Crippen LogP contribution in [0.25, 0.3) is 6.08 Å². The quantitative estimate of drug-likeness (QED) is 0.150. The van der Waals surface area contributed by atoms with Gasteiger partial charge in [-0.2, -0.15) is 0 Å². The highest BCUT2D eigenvalue weighted by molar-refractivity contribution is 6.01. The second-order valence-electron chi connectivity index (χ2n) is 9.48. The Bertz CT molecular complexity index is 1290. The van der Waals surface area contributed by atoms with Crippen LogP contribution in [0.1, 0.15) is 29.0 Å². The van der Waals surface area contributed by atoms with Gasteiger partial charge in [-0.15, -0.1) is 0 Å². The fourth-order valence-electron chi connectivity index (χ4n) is 4.93. The maximum atomic E-state index is 13.2. The first kappa shape index (κ1) is 28.1. The SMILES string of the molecule is O=C(OC[C@H]1O[C@H](C[C@@H](O)CO)[C@H](O)[C@H]1O)C1=Cc2cc(O)c(O)cc2[C@@H](c2ccc(O)c(O)c2)[C@@H]1C(=O)O. The van der Waals surface area contributed by atoms with Gasteiger partial charge < -0.3 is 55.4 Å². The molecule has 9 N–H and O–H groups in total. The van der Waals surface area contributed by atoms with E-state index in [1.807, 2.05) is 0 Å². The van der Waals surface area contributed by atoms with Crippen molar-refractivity contribution < 1.29 is 65.0 Å². The van der Waals surface area contributed by atoms with E-state index in [0.717, 1.165) is 24.3 Å². The number of aromatic hydroxyl groups is 4. The highest BCUT2D eigenvalue weighted by Crippen LogP contribution is 2.47. The zero-order valence-electron chi connectivity index (χ0n) is 20.3. The molecule has 0 bridgehead atoms. The summed E-state index contributed by atoms with van der Waals surface area (Å²) in [5, 5.41) is 89.1. The lowest BCUT2D eigenvalue weighted by molar-refractivity contribution is -0.149.